The zero-order valence-corrected chi connectivity index (χ0v) is 22.6. The number of rotatable bonds is 6. The smallest absolute Gasteiger partial charge is 0.255 e. The third-order valence-electron chi connectivity index (χ3n) is 6.97. The van der Waals surface area contributed by atoms with Gasteiger partial charge in [-0.15, -0.1) is 0 Å². The van der Waals surface area contributed by atoms with Gasteiger partial charge < -0.3 is 30.5 Å². The minimum Gasteiger partial charge on any atom is -0.491 e. The van der Waals surface area contributed by atoms with Crippen molar-refractivity contribution in [3.05, 3.63) is 65.7 Å². The van der Waals surface area contributed by atoms with Gasteiger partial charge in [0.15, 0.2) is 0 Å². The summed E-state index contributed by atoms with van der Waals surface area (Å²) in [7, 11) is 1.63. The molecule has 2 aromatic rings. The number of ether oxygens (including phenoxy) is 1. The van der Waals surface area contributed by atoms with Crippen LogP contribution in [-0.4, -0.2) is 91.3 Å². The molecule has 2 aromatic carbocycles. The molecule has 0 radical (unpaired) electrons. The molecule has 40 heavy (non-hydrogen) atoms. The molecule has 4 rings (SSSR count). The van der Waals surface area contributed by atoms with Crippen molar-refractivity contribution < 1.29 is 28.7 Å². The van der Waals surface area contributed by atoms with E-state index < -0.39 is 29.8 Å². The van der Waals surface area contributed by atoms with Crippen LogP contribution in [0.3, 0.4) is 0 Å². The number of nitrogens with zero attached hydrogens (tertiary/aromatic N) is 2. The van der Waals surface area contributed by atoms with Crippen LogP contribution in [0.2, 0.25) is 0 Å². The van der Waals surface area contributed by atoms with Crippen molar-refractivity contribution in [2.24, 2.45) is 0 Å². The van der Waals surface area contributed by atoms with E-state index in [9.17, 15) is 24.0 Å². The van der Waals surface area contributed by atoms with Gasteiger partial charge >= 0.3 is 0 Å². The molecule has 0 saturated carbocycles. The average Bonchev–Trinajstić information content (AvgIpc) is 3.36. The van der Waals surface area contributed by atoms with E-state index in [0.717, 1.165) is 12.0 Å². The van der Waals surface area contributed by atoms with Crippen LogP contribution in [0.15, 0.2) is 54.6 Å². The van der Waals surface area contributed by atoms with Gasteiger partial charge in [-0.2, -0.15) is 0 Å². The lowest BCUT2D eigenvalue weighted by Crippen LogP contribution is -2.53. The summed E-state index contributed by atoms with van der Waals surface area (Å²) >= 11 is 0. The maximum Gasteiger partial charge on any atom is 0.255 e. The standard InChI is InChI=1S/C29H35N5O6/c1-33-16-17-40-24-11-6-5-10-21(24)27(37)32-22(28(38)30-13-15-34-14-7-12-26(34)36)19-25(35)31-23(29(33)39)18-20-8-3-2-4-9-20/h2-6,8-11,22-23H,7,12-19H2,1H3,(H,30,38)(H,31,35)(H,32,37)/t22-,23-/m0/s1. The maximum absolute atomic E-state index is 13.3. The van der Waals surface area contributed by atoms with E-state index in [1.165, 1.54) is 4.90 Å². The Morgan fingerprint density at radius 1 is 1.00 bits per heavy atom. The fourth-order valence-electron chi connectivity index (χ4n) is 4.76. The molecule has 3 N–H and O–H groups in total. The van der Waals surface area contributed by atoms with E-state index in [1.54, 1.807) is 36.2 Å². The van der Waals surface area contributed by atoms with Gasteiger partial charge in [-0.1, -0.05) is 42.5 Å². The lowest BCUT2D eigenvalue weighted by Gasteiger charge is -2.27. The predicted molar refractivity (Wildman–Crippen MR) is 146 cm³/mol. The van der Waals surface area contributed by atoms with E-state index in [0.29, 0.717) is 25.3 Å². The first-order chi connectivity index (χ1) is 19.3. The molecule has 2 aliphatic rings. The van der Waals surface area contributed by atoms with Crippen LogP contribution in [0.25, 0.3) is 0 Å². The lowest BCUT2D eigenvalue weighted by molar-refractivity contribution is -0.136. The van der Waals surface area contributed by atoms with Gasteiger partial charge in [-0.25, -0.2) is 0 Å². The highest BCUT2D eigenvalue weighted by Gasteiger charge is 2.30. The number of hydrogen-bond donors (Lipinski definition) is 3. The first kappa shape index (κ1) is 28.6. The van der Waals surface area contributed by atoms with E-state index in [-0.39, 0.29) is 49.9 Å². The number of benzene rings is 2. The lowest BCUT2D eigenvalue weighted by atomic mass is 10.0. The number of para-hydroxylation sites is 1. The highest BCUT2D eigenvalue weighted by molar-refractivity contribution is 6.01. The zero-order valence-electron chi connectivity index (χ0n) is 22.6. The minimum atomic E-state index is -1.22. The normalized spacial score (nSPS) is 20.6. The van der Waals surface area contributed by atoms with Gasteiger partial charge in [0.2, 0.25) is 23.6 Å². The Hall–Kier alpha value is -4.41. The summed E-state index contributed by atoms with van der Waals surface area (Å²) in [6.45, 7) is 1.52. The van der Waals surface area contributed by atoms with Gasteiger partial charge in [0, 0.05) is 39.5 Å². The van der Waals surface area contributed by atoms with E-state index in [2.05, 4.69) is 16.0 Å². The number of likely N-dealkylation sites (tertiary alicyclic amines) is 1. The van der Waals surface area contributed by atoms with Crippen molar-refractivity contribution in [2.75, 3.05) is 39.8 Å². The minimum absolute atomic E-state index is 0.0376. The molecule has 212 valence electrons. The number of carbonyl (C=O) groups is 5. The fourth-order valence-corrected chi connectivity index (χ4v) is 4.76. The molecule has 2 atom stereocenters. The third kappa shape index (κ3) is 7.58. The number of fused-ring (bicyclic) bond motifs is 1. The summed E-state index contributed by atoms with van der Waals surface area (Å²) in [5, 5.41) is 8.16. The number of hydrogen-bond acceptors (Lipinski definition) is 6. The second-order valence-electron chi connectivity index (χ2n) is 9.92. The van der Waals surface area contributed by atoms with Crippen LogP contribution in [0.5, 0.6) is 5.75 Å². The van der Waals surface area contributed by atoms with Crippen LogP contribution in [0.4, 0.5) is 0 Å². The molecule has 5 amide bonds. The Kier molecular flexibility index (Phi) is 9.71. The molecule has 2 heterocycles. The molecule has 1 saturated heterocycles. The van der Waals surface area contributed by atoms with Crippen LogP contribution in [0, 0.1) is 0 Å². The van der Waals surface area contributed by atoms with Gasteiger partial charge in [0.05, 0.1) is 18.5 Å². The molecule has 0 bridgehead atoms. The summed E-state index contributed by atoms with van der Waals surface area (Å²) < 4.78 is 5.84. The Morgan fingerprint density at radius 2 is 1.75 bits per heavy atom. The number of amides is 5. The molecule has 1 fully saturated rings. The zero-order chi connectivity index (χ0) is 28.5. The Balaban J connectivity index is 1.54. The largest absolute Gasteiger partial charge is 0.491 e. The summed E-state index contributed by atoms with van der Waals surface area (Å²) in [6, 6.07) is 13.8. The second-order valence-corrected chi connectivity index (χ2v) is 9.92. The first-order valence-corrected chi connectivity index (χ1v) is 13.5. The Morgan fingerprint density at radius 3 is 2.50 bits per heavy atom. The van der Waals surface area contributed by atoms with Crippen molar-refractivity contribution in [1.82, 2.24) is 25.8 Å². The molecule has 11 heteroatoms. The van der Waals surface area contributed by atoms with Gasteiger partial charge in [-0.3, -0.25) is 24.0 Å². The summed E-state index contributed by atoms with van der Waals surface area (Å²) in [4.78, 5) is 68.0. The van der Waals surface area contributed by atoms with Gasteiger partial charge in [0.1, 0.15) is 24.4 Å². The predicted octanol–water partition coefficient (Wildman–Crippen LogP) is 0.492. The van der Waals surface area contributed by atoms with Crippen molar-refractivity contribution in [2.45, 2.75) is 37.8 Å². The molecule has 0 unspecified atom stereocenters. The summed E-state index contributed by atoms with van der Waals surface area (Å²) in [6.07, 6.45) is 1.15. The summed E-state index contributed by atoms with van der Waals surface area (Å²) in [5.74, 6) is -1.65. The van der Waals surface area contributed by atoms with Crippen molar-refractivity contribution in [3.8, 4) is 5.75 Å². The van der Waals surface area contributed by atoms with Gasteiger partial charge in [-0.05, 0) is 24.1 Å². The number of nitrogens with one attached hydrogen (secondary N) is 3. The van der Waals surface area contributed by atoms with Crippen molar-refractivity contribution in [1.29, 1.82) is 0 Å². The Bertz CT molecular complexity index is 1240. The monoisotopic (exact) mass is 549 g/mol. The second kappa shape index (κ2) is 13.6. The Labute approximate surface area is 233 Å². The van der Waals surface area contributed by atoms with Crippen LogP contribution in [0.1, 0.15) is 35.2 Å². The quantitative estimate of drug-likeness (QED) is 0.480. The van der Waals surface area contributed by atoms with Crippen LogP contribution < -0.4 is 20.7 Å². The number of likely N-dealkylation sites (N-methyl/N-ethyl adjacent to an activating group) is 1. The van der Waals surface area contributed by atoms with Crippen LogP contribution >= 0.6 is 0 Å². The SMILES string of the molecule is CN1CCOc2ccccc2C(=O)N[C@H](C(=O)NCCN2CCCC2=O)CC(=O)N[C@@H](Cc2ccccc2)C1=O. The number of carbonyl (C=O) groups excluding carboxylic acids is 5. The first-order valence-electron chi connectivity index (χ1n) is 13.5. The highest BCUT2D eigenvalue weighted by atomic mass is 16.5. The molecular formula is C29H35N5O6. The molecule has 0 aromatic heterocycles. The molecule has 2 aliphatic heterocycles. The van der Waals surface area contributed by atoms with E-state index in [4.69, 9.17) is 4.74 Å². The molecule has 11 nitrogen and oxygen atoms in total. The fraction of sp³-hybridized carbons (Fsp3) is 0.414. The van der Waals surface area contributed by atoms with E-state index in [1.807, 2.05) is 30.3 Å². The molecular weight excluding hydrogens is 514 g/mol. The topological polar surface area (TPSA) is 137 Å². The van der Waals surface area contributed by atoms with E-state index >= 15 is 0 Å². The molecule has 0 aliphatic carbocycles. The average molecular weight is 550 g/mol. The van der Waals surface area contributed by atoms with Gasteiger partial charge in [0.25, 0.3) is 5.91 Å². The van der Waals surface area contributed by atoms with Crippen LogP contribution in [-0.2, 0) is 25.6 Å². The summed E-state index contributed by atoms with van der Waals surface area (Å²) in [5.41, 5.74) is 1.07. The van der Waals surface area contributed by atoms with Crippen molar-refractivity contribution >= 4 is 29.5 Å². The van der Waals surface area contributed by atoms with Crippen molar-refractivity contribution in [3.63, 3.8) is 0 Å². The molecule has 0 spiro atoms. The third-order valence-corrected chi connectivity index (χ3v) is 6.97. The maximum atomic E-state index is 13.3. The highest BCUT2D eigenvalue weighted by Crippen LogP contribution is 2.19.